The second kappa shape index (κ2) is 2.56. The number of rotatable bonds is 0. The second-order valence-corrected chi connectivity index (χ2v) is 3.15. The van der Waals surface area contributed by atoms with Crippen molar-refractivity contribution in [3.63, 3.8) is 0 Å². The van der Waals surface area contributed by atoms with Crippen LogP contribution in [0.4, 0.5) is 5.82 Å². The van der Waals surface area contributed by atoms with Crippen molar-refractivity contribution in [3.8, 4) is 0 Å². The summed E-state index contributed by atoms with van der Waals surface area (Å²) in [6, 6.07) is 3.26. The topological polar surface area (TPSA) is 71.1 Å². The number of nitrogens with zero attached hydrogens (tertiary/aromatic N) is 1. The van der Waals surface area contributed by atoms with Crippen LogP contribution in [0.2, 0.25) is 0 Å². The number of hydrogen-bond acceptors (Lipinski definition) is 3. The van der Waals surface area contributed by atoms with E-state index in [1.165, 1.54) is 6.20 Å². The summed E-state index contributed by atoms with van der Waals surface area (Å²) < 4.78 is 15.6. The maximum absolute atomic E-state index is 11.1. The zero-order valence-corrected chi connectivity index (χ0v) is 6.72. The predicted molar refractivity (Wildman–Crippen MR) is 43.5 cm³/mol. The Bertz CT molecular complexity index is 366. The summed E-state index contributed by atoms with van der Waals surface area (Å²) in [6.07, 6.45) is 1.53. The Morgan fingerprint density at radius 2 is 2.25 bits per heavy atom. The minimum Gasteiger partial charge on any atom is -0.271 e. The molecule has 2 heterocycles. The fourth-order valence-electron chi connectivity index (χ4n) is 0.922. The van der Waals surface area contributed by atoms with Crippen LogP contribution in [0, 0.1) is 0 Å². The molecule has 0 aliphatic carbocycles. The first-order chi connectivity index (χ1) is 5.77. The molecule has 0 bridgehead atoms. The monoisotopic (exact) mass is 183 g/mol. The van der Waals surface area contributed by atoms with Gasteiger partial charge in [-0.2, -0.15) is 0 Å². The Hall–Kier alpha value is -1.43. The second-order valence-electron chi connectivity index (χ2n) is 2.20. The van der Waals surface area contributed by atoms with Gasteiger partial charge in [-0.05, 0) is 12.1 Å². The van der Waals surface area contributed by atoms with Gasteiger partial charge in [-0.15, -0.1) is 0 Å². The average Bonchev–Trinajstić information content (AvgIpc) is 2.04. The standard InChI is InChI=1S/C6H5N3O2S/c10-6-4-2-1-3-7-5(4)8-12(11)9-6/h1-3H,(H,7,8)(H,9,10)/t12-/m0/s1. The molecule has 6 heteroatoms. The molecular weight excluding hydrogens is 178 g/mol. The number of hydrogen-bond donors (Lipinski definition) is 2. The summed E-state index contributed by atoms with van der Waals surface area (Å²) in [5.74, 6) is -0.00485. The molecule has 12 heavy (non-hydrogen) atoms. The van der Waals surface area contributed by atoms with Gasteiger partial charge in [-0.25, -0.2) is 9.19 Å². The Morgan fingerprint density at radius 3 is 3.08 bits per heavy atom. The number of amides is 1. The highest BCUT2D eigenvalue weighted by Gasteiger charge is 2.20. The van der Waals surface area contributed by atoms with E-state index in [9.17, 15) is 9.00 Å². The lowest BCUT2D eigenvalue weighted by atomic mass is 10.2. The van der Waals surface area contributed by atoms with Gasteiger partial charge in [0.1, 0.15) is 0 Å². The summed E-state index contributed by atoms with van der Waals surface area (Å²) in [5, 5.41) is 0. The molecule has 1 aromatic heterocycles. The molecule has 1 atom stereocenters. The van der Waals surface area contributed by atoms with Gasteiger partial charge in [0, 0.05) is 6.20 Å². The third-order valence-corrected chi connectivity index (χ3v) is 2.18. The predicted octanol–water partition coefficient (Wildman–Crippen LogP) is -0.184. The lowest BCUT2D eigenvalue weighted by Crippen LogP contribution is -2.35. The molecule has 0 fully saturated rings. The third kappa shape index (κ3) is 1.06. The lowest BCUT2D eigenvalue weighted by Gasteiger charge is -2.14. The maximum atomic E-state index is 11.1. The number of carbonyl (C=O) groups is 1. The van der Waals surface area contributed by atoms with Crippen LogP contribution in [0.25, 0.3) is 0 Å². The zero-order valence-electron chi connectivity index (χ0n) is 5.90. The van der Waals surface area contributed by atoms with E-state index in [2.05, 4.69) is 14.4 Å². The minimum atomic E-state index is -1.54. The molecule has 1 amide bonds. The molecule has 2 rings (SSSR count). The number of pyridine rings is 1. The fraction of sp³-hybridized carbons (Fsp3) is 0. The van der Waals surface area contributed by atoms with E-state index in [-0.39, 0.29) is 5.91 Å². The Balaban J connectivity index is 2.54. The van der Waals surface area contributed by atoms with E-state index in [1.54, 1.807) is 12.1 Å². The van der Waals surface area contributed by atoms with Crippen molar-refractivity contribution in [2.75, 3.05) is 4.72 Å². The van der Waals surface area contributed by atoms with Gasteiger partial charge in [0.05, 0.1) is 5.56 Å². The molecule has 0 spiro atoms. The highest BCUT2D eigenvalue weighted by molar-refractivity contribution is 7.85. The molecule has 62 valence electrons. The number of anilines is 1. The van der Waals surface area contributed by atoms with E-state index in [0.717, 1.165) is 0 Å². The summed E-state index contributed by atoms with van der Waals surface area (Å²) in [4.78, 5) is 15.0. The van der Waals surface area contributed by atoms with Gasteiger partial charge in [-0.1, -0.05) is 0 Å². The van der Waals surface area contributed by atoms with E-state index < -0.39 is 11.2 Å². The van der Waals surface area contributed by atoms with Crippen LogP contribution >= 0.6 is 0 Å². The fourth-order valence-corrected chi connectivity index (χ4v) is 1.59. The molecule has 2 N–H and O–H groups in total. The van der Waals surface area contributed by atoms with E-state index >= 15 is 0 Å². The Morgan fingerprint density at radius 1 is 1.42 bits per heavy atom. The van der Waals surface area contributed by atoms with Crippen LogP contribution < -0.4 is 9.44 Å². The minimum absolute atomic E-state index is 0.361. The van der Waals surface area contributed by atoms with Crippen molar-refractivity contribution >= 4 is 22.9 Å². The first-order valence-electron chi connectivity index (χ1n) is 3.22. The van der Waals surface area contributed by atoms with Crippen LogP contribution in [0.15, 0.2) is 18.3 Å². The molecule has 5 nitrogen and oxygen atoms in total. The van der Waals surface area contributed by atoms with Crippen molar-refractivity contribution < 1.29 is 9.00 Å². The van der Waals surface area contributed by atoms with Crippen LogP contribution in [-0.4, -0.2) is 15.1 Å². The molecular formula is C6H5N3O2S. The smallest absolute Gasteiger partial charge is 0.268 e. The number of carbonyl (C=O) groups excluding carboxylic acids is 1. The molecule has 0 radical (unpaired) electrons. The molecule has 1 aromatic rings. The van der Waals surface area contributed by atoms with Crippen molar-refractivity contribution in [3.05, 3.63) is 23.9 Å². The summed E-state index contributed by atoms with van der Waals surface area (Å²) in [5.41, 5.74) is 0.414. The van der Waals surface area contributed by atoms with Gasteiger partial charge in [0.25, 0.3) is 5.91 Å². The Labute approximate surface area is 70.9 Å². The molecule has 0 aromatic carbocycles. The number of aromatic nitrogens is 1. The van der Waals surface area contributed by atoms with Crippen molar-refractivity contribution in [1.82, 2.24) is 9.71 Å². The molecule has 0 saturated carbocycles. The van der Waals surface area contributed by atoms with Gasteiger partial charge < -0.3 is 0 Å². The lowest BCUT2D eigenvalue weighted by molar-refractivity contribution is 0.0982. The highest BCUT2D eigenvalue weighted by Crippen LogP contribution is 2.14. The van der Waals surface area contributed by atoms with Crippen LogP contribution in [0.5, 0.6) is 0 Å². The SMILES string of the molecule is O=C1N[S@@](=O)Nc2ncccc21. The zero-order chi connectivity index (χ0) is 8.55. The van der Waals surface area contributed by atoms with Crippen molar-refractivity contribution in [2.45, 2.75) is 0 Å². The van der Waals surface area contributed by atoms with Crippen LogP contribution in [0.1, 0.15) is 10.4 Å². The van der Waals surface area contributed by atoms with Crippen LogP contribution in [0.3, 0.4) is 0 Å². The quantitative estimate of drug-likeness (QED) is 0.586. The highest BCUT2D eigenvalue weighted by atomic mass is 32.2. The van der Waals surface area contributed by atoms with Crippen molar-refractivity contribution in [1.29, 1.82) is 0 Å². The largest absolute Gasteiger partial charge is 0.271 e. The summed E-state index contributed by atoms with van der Waals surface area (Å²) in [6.45, 7) is 0. The van der Waals surface area contributed by atoms with Crippen LogP contribution in [-0.2, 0) is 11.2 Å². The van der Waals surface area contributed by atoms with E-state index in [4.69, 9.17) is 0 Å². The van der Waals surface area contributed by atoms with Gasteiger partial charge >= 0.3 is 0 Å². The average molecular weight is 183 g/mol. The molecule has 1 aliphatic heterocycles. The van der Waals surface area contributed by atoms with E-state index in [0.29, 0.717) is 11.4 Å². The molecule has 1 aliphatic rings. The van der Waals surface area contributed by atoms with Gasteiger partial charge in [0.2, 0.25) is 11.2 Å². The molecule has 0 saturated heterocycles. The first-order valence-corrected chi connectivity index (χ1v) is 4.37. The third-order valence-electron chi connectivity index (χ3n) is 1.43. The van der Waals surface area contributed by atoms with Gasteiger partial charge in [0.15, 0.2) is 5.82 Å². The summed E-state index contributed by atoms with van der Waals surface area (Å²) in [7, 11) is 0. The molecule has 0 unspecified atom stereocenters. The van der Waals surface area contributed by atoms with E-state index in [1.807, 2.05) is 0 Å². The number of nitrogens with one attached hydrogen (secondary N) is 2. The van der Waals surface area contributed by atoms with Gasteiger partial charge in [-0.3, -0.25) is 14.2 Å². The van der Waals surface area contributed by atoms with Crippen molar-refractivity contribution in [2.24, 2.45) is 0 Å². The Kier molecular flexibility index (Phi) is 1.54. The maximum Gasteiger partial charge on any atom is 0.268 e. The normalized spacial score (nSPS) is 20.7. The number of fused-ring (bicyclic) bond motifs is 1. The first kappa shape index (κ1) is 7.23. The summed E-state index contributed by atoms with van der Waals surface area (Å²) >= 11 is -1.54.